The fourth-order valence-corrected chi connectivity index (χ4v) is 6.53. The number of carboxylic acid groups (broad SMARTS) is 1. The van der Waals surface area contributed by atoms with Crippen LogP contribution < -0.4 is 10.1 Å². The first-order valence-corrected chi connectivity index (χ1v) is 14.5. The third-order valence-electron chi connectivity index (χ3n) is 7.10. The first kappa shape index (κ1) is 29.8. The zero-order valence-electron chi connectivity index (χ0n) is 22.8. The Morgan fingerprint density at radius 1 is 0.976 bits per heavy atom. The van der Waals surface area contributed by atoms with Crippen LogP contribution in [0.5, 0.6) is 5.75 Å². The van der Waals surface area contributed by atoms with Crippen molar-refractivity contribution in [1.29, 1.82) is 0 Å². The third kappa shape index (κ3) is 6.93. The van der Waals surface area contributed by atoms with Crippen LogP contribution in [0.1, 0.15) is 28.8 Å². The molecule has 1 fully saturated rings. The number of nitrogens with one attached hydrogen (secondary N) is 1. The zero-order valence-corrected chi connectivity index (χ0v) is 23.6. The van der Waals surface area contributed by atoms with Gasteiger partial charge in [-0.3, -0.25) is 4.79 Å². The van der Waals surface area contributed by atoms with E-state index in [2.05, 4.69) is 5.32 Å². The number of aliphatic carboxylic acids is 1. The number of amides is 1. The maximum Gasteiger partial charge on any atom is 0.339 e. The minimum Gasteiger partial charge on any atom is -0.497 e. The van der Waals surface area contributed by atoms with Crippen LogP contribution in [0.3, 0.4) is 0 Å². The Hall–Kier alpha value is -4.22. The summed E-state index contributed by atoms with van der Waals surface area (Å²) in [7, 11) is -1.34. The average Bonchev–Trinajstić information content (AvgIpc) is 3.00. The molecule has 0 aliphatic carbocycles. The van der Waals surface area contributed by atoms with Gasteiger partial charge in [0.1, 0.15) is 11.8 Å². The molecule has 3 aromatic rings. The molecule has 3 aromatic carbocycles. The predicted molar refractivity (Wildman–Crippen MR) is 151 cm³/mol. The van der Waals surface area contributed by atoms with E-state index in [4.69, 9.17) is 9.47 Å². The summed E-state index contributed by atoms with van der Waals surface area (Å²) >= 11 is 0. The Balaban J connectivity index is 1.43. The molecule has 1 aliphatic heterocycles. The molecule has 0 spiro atoms. The van der Waals surface area contributed by atoms with E-state index in [0.29, 0.717) is 12.8 Å². The molecule has 2 N–H and O–H groups in total. The summed E-state index contributed by atoms with van der Waals surface area (Å²) in [6.45, 7) is 0.0388. The number of piperidine rings is 1. The van der Waals surface area contributed by atoms with Gasteiger partial charge in [0.25, 0.3) is 0 Å². The Kier molecular flexibility index (Phi) is 9.41. The summed E-state index contributed by atoms with van der Waals surface area (Å²) in [4.78, 5) is 37.1. The van der Waals surface area contributed by atoms with E-state index in [1.165, 1.54) is 31.4 Å². The summed E-state index contributed by atoms with van der Waals surface area (Å²) in [5, 5.41) is 12.4. The second-order valence-electron chi connectivity index (χ2n) is 9.72. The predicted octanol–water partition coefficient (Wildman–Crippen LogP) is 3.36. The van der Waals surface area contributed by atoms with Gasteiger partial charge < -0.3 is 19.9 Å². The van der Waals surface area contributed by atoms with Crippen molar-refractivity contribution in [3.63, 3.8) is 0 Å². The molecule has 0 saturated carbocycles. The smallest absolute Gasteiger partial charge is 0.339 e. The number of nitrogens with zero attached hydrogens (tertiary/aromatic N) is 1. The van der Waals surface area contributed by atoms with Gasteiger partial charge in [-0.05, 0) is 53.8 Å². The third-order valence-corrected chi connectivity index (χ3v) is 9.02. The lowest BCUT2D eigenvalue weighted by Crippen LogP contribution is -2.50. The average molecular weight is 581 g/mol. The number of benzene rings is 3. The highest BCUT2D eigenvalue weighted by Crippen LogP contribution is 2.27. The van der Waals surface area contributed by atoms with E-state index >= 15 is 0 Å². The number of carbonyl (C=O) groups is 3. The van der Waals surface area contributed by atoms with Crippen LogP contribution >= 0.6 is 0 Å². The van der Waals surface area contributed by atoms with Crippen LogP contribution in [-0.2, 0) is 30.8 Å². The van der Waals surface area contributed by atoms with Crippen LogP contribution in [0.2, 0.25) is 0 Å². The van der Waals surface area contributed by atoms with Crippen molar-refractivity contribution in [2.24, 2.45) is 5.92 Å². The minimum absolute atomic E-state index is 0.0607. The number of methoxy groups -OCH3 is 2. The maximum absolute atomic E-state index is 13.4. The van der Waals surface area contributed by atoms with Crippen molar-refractivity contribution in [3.05, 3.63) is 83.9 Å². The van der Waals surface area contributed by atoms with E-state index in [1.54, 1.807) is 7.11 Å². The maximum atomic E-state index is 13.4. The number of carboxylic acids is 1. The van der Waals surface area contributed by atoms with Crippen molar-refractivity contribution >= 4 is 27.9 Å². The van der Waals surface area contributed by atoms with Gasteiger partial charge >= 0.3 is 11.9 Å². The molecule has 1 aliphatic rings. The van der Waals surface area contributed by atoms with Gasteiger partial charge in [0.2, 0.25) is 15.9 Å². The minimum atomic E-state index is -4.11. The standard InChI is InChI=1S/C30H32N2O8S/c1-39-24-15-13-22(14-16-24)21-11-9-20(10-12-21)18-26(29(34)35)31-28(33)23-6-5-17-32(19-23)41(37,38)27-8-4-3-7-25(27)30(36)40-2/h3-4,7-16,23,26H,5-6,17-19H2,1-2H3,(H,31,33)(H,34,35)/t23?,26-/m0/s1. The van der Waals surface area contributed by atoms with Gasteiger partial charge in [0.15, 0.2) is 0 Å². The molecule has 1 heterocycles. The molecule has 1 unspecified atom stereocenters. The Labute approximate surface area is 238 Å². The van der Waals surface area contributed by atoms with E-state index < -0.39 is 39.8 Å². The Morgan fingerprint density at radius 2 is 1.61 bits per heavy atom. The Bertz CT molecular complexity index is 1500. The molecule has 0 bridgehead atoms. The van der Waals surface area contributed by atoms with E-state index in [-0.39, 0.29) is 30.0 Å². The number of rotatable bonds is 10. The summed E-state index contributed by atoms with van der Waals surface area (Å²) in [5.74, 6) is -2.51. The van der Waals surface area contributed by atoms with Crippen molar-refractivity contribution in [3.8, 4) is 16.9 Å². The molecule has 0 radical (unpaired) electrons. The largest absolute Gasteiger partial charge is 0.497 e. The summed E-state index contributed by atoms with van der Waals surface area (Å²) in [5.41, 5.74) is 2.56. The highest BCUT2D eigenvalue weighted by molar-refractivity contribution is 7.89. The van der Waals surface area contributed by atoms with E-state index in [1.807, 2.05) is 48.5 Å². The molecule has 41 heavy (non-hydrogen) atoms. The normalized spacial score (nSPS) is 16.4. The number of ether oxygens (including phenoxy) is 2. The number of hydrogen-bond acceptors (Lipinski definition) is 7. The molecular formula is C30H32N2O8S. The number of carbonyl (C=O) groups excluding carboxylic acids is 2. The molecule has 11 heteroatoms. The van der Waals surface area contributed by atoms with Crippen LogP contribution in [0.4, 0.5) is 0 Å². The van der Waals surface area contributed by atoms with Crippen LogP contribution in [0.25, 0.3) is 11.1 Å². The molecule has 0 aromatic heterocycles. The van der Waals surface area contributed by atoms with Crippen molar-refractivity contribution in [2.45, 2.75) is 30.2 Å². The SMILES string of the molecule is COC(=O)c1ccccc1S(=O)(=O)N1CCCC(C(=O)N[C@@H](Cc2ccc(-c3ccc(OC)cc3)cc2)C(=O)O)C1. The fourth-order valence-electron chi connectivity index (χ4n) is 4.83. The first-order valence-electron chi connectivity index (χ1n) is 13.1. The van der Waals surface area contributed by atoms with Crippen LogP contribution in [-0.4, -0.2) is 69.0 Å². The Morgan fingerprint density at radius 3 is 2.22 bits per heavy atom. The van der Waals surface area contributed by atoms with Crippen LogP contribution in [0, 0.1) is 5.92 Å². The molecule has 2 atom stereocenters. The quantitative estimate of drug-likeness (QED) is 0.348. The van der Waals surface area contributed by atoms with E-state index in [0.717, 1.165) is 26.7 Å². The first-order chi connectivity index (χ1) is 19.6. The topological polar surface area (TPSA) is 139 Å². The molecule has 10 nitrogen and oxygen atoms in total. The summed E-state index contributed by atoms with van der Waals surface area (Å²) in [6.07, 6.45) is 0.868. The van der Waals surface area contributed by atoms with Gasteiger partial charge in [0, 0.05) is 19.5 Å². The molecule has 1 amide bonds. The highest BCUT2D eigenvalue weighted by atomic mass is 32.2. The van der Waals surface area contributed by atoms with Gasteiger partial charge in [-0.15, -0.1) is 0 Å². The second-order valence-corrected chi connectivity index (χ2v) is 11.6. The van der Waals surface area contributed by atoms with Crippen LogP contribution in [0.15, 0.2) is 77.7 Å². The van der Waals surface area contributed by atoms with Crippen molar-refractivity contribution in [1.82, 2.24) is 9.62 Å². The fraction of sp³-hybridized carbons (Fsp3) is 0.300. The lowest BCUT2D eigenvalue weighted by molar-refractivity contribution is -0.142. The lowest BCUT2D eigenvalue weighted by atomic mass is 9.97. The van der Waals surface area contributed by atoms with Crippen molar-refractivity contribution < 1.29 is 37.4 Å². The number of sulfonamides is 1. The van der Waals surface area contributed by atoms with Gasteiger partial charge in [-0.1, -0.05) is 48.5 Å². The molecular weight excluding hydrogens is 548 g/mol. The number of esters is 1. The van der Waals surface area contributed by atoms with Gasteiger partial charge in [0.05, 0.1) is 30.6 Å². The number of hydrogen-bond donors (Lipinski definition) is 2. The highest BCUT2D eigenvalue weighted by Gasteiger charge is 2.36. The zero-order chi connectivity index (χ0) is 29.6. The van der Waals surface area contributed by atoms with Gasteiger partial charge in [-0.2, -0.15) is 4.31 Å². The molecule has 216 valence electrons. The van der Waals surface area contributed by atoms with E-state index in [9.17, 15) is 27.9 Å². The van der Waals surface area contributed by atoms with Crippen molar-refractivity contribution in [2.75, 3.05) is 27.3 Å². The lowest BCUT2D eigenvalue weighted by Gasteiger charge is -2.32. The summed E-state index contributed by atoms with van der Waals surface area (Å²) in [6, 6.07) is 19.5. The van der Waals surface area contributed by atoms with Gasteiger partial charge in [-0.25, -0.2) is 18.0 Å². The summed E-state index contributed by atoms with van der Waals surface area (Å²) < 4.78 is 37.9. The molecule has 4 rings (SSSR count). The molecule has 1 saturated heterocycles. The monoisotopic (exact) mass is 580 g/mol. The second kappa shape index (κ2) is 13.0.